The minimum atomic E-state index is 0.184. The van der Waals surface area contributed by atoms with E-state index in [0.717, 1.165) is 44.0 Å². The molecular weight excluding hydrogens is 254 g/mol. The predicted molar refractivity (Wildman–Crippen MR) is 79.6 cm³/mol. The van der Waals surface area contributed by atoms with Crippen molar-refractivity contribution in [1.29, 1.82) is 0 Å². The number of nitrogens with one attached hydrogen (secondary N) is 1. The molecule has 1 aliphatic heterocycles. The molecule has 1 unspecified atom stereocenters. The first-order chi connectivity index (χ1) is 9.85. The second kappa shape index (κ2) is 8.12. The van der Waals surface area contributed by atoms with Gasteiger partial charge in [-0.2, -0.15) is 0 Å². The Morgan fingerprint density at radius 1 is 1.25 bits per heavy atom. The maximum Gasteiger partial charge on any atom is 0.161 e. The molecule has 20 heavy (non-hydrogen) atoms. The highest BCUT2D eigenvalue weighted by molar-refractivity contribution is 5.44. The summed E-state index contributed by atoms with van der Waals surface area (Å²) in [6.07, 6.45) is 3.20. The van der Waals surface area contributed by atoms with E-state index in [2.05, 4.69) is 24.4 Å². The van der Waals surface area contributed by atoms with E-state index < -0.39 is 0 Å². The smallest absolute Gasteiger partial charge is 0.161 e. The van der Waals surface area contributed by atoms with Gasteiger partial charge in [0.2, 0.25) is 0 Å². The Morgan fingerprint density at radius 2 is 2.05 bits per heavy atom. The molecule has 1 aromatic carbocycles. The van der Waals surface area contributed by atoms with Crippen LogP contribution in [0.5, 0.6) is 11.5 Å². The summed E-state index contributed by atoms with van der Waals surface area (Å²) < 4.78 is 17.1. The van der Waals surface area contributed by atoms with Crippen LogP contribution < -0.4 is 14.8 Å². The minimum Gasteiger partial charge on any atom is -0.490 e. The van der Waals surface area contributed by atoms with Crippen molar-refractivity contribution in [1.82, 2.24) is 5.32 Å². The Bertz CT molecular complexity index is 409. The molecule has 1 aromatic rings. The molecular formula is C16H25NO3. The molecule has 0 amide bonds. The summed E-state index contributed by atoms with van der Waals surface area (Å²) in [6, 6.07) is 6.32. The molecule has 0 fully saturated rings. The number of likely N-dealkylation sites (N-methyl/N-ethyl adjacent to an activating group) is 1. The summed E-state index contributed by atoms with van der Waals surface area (Å²) in [5.41, 5.74) is 1.17. The van der Waals surface area contributed by atoms with Gasteiger partial charge in [-0.05, 0) is 31.2 Å². The first-order valence-corrected chi connectivity index (χ1v) is 7.49. The summed E-state index contributed by atoms with van der Waals surface area (Å²) in [5.74, 6) is 1.68. The zero-order valence-corrected chi connectivity index (χ0v) is 12.5. The normalized spacial score (nSPS) is 15.7. The average molecular weight is 279 g/mol. The molecule has 0 spiro atoms. The number of unbranched alkanes of at least 4 members (excludes halogenated alkanes) is 1. The van der Waals surface area contributed by atoms with Crippen molar-refractivity contribution in [2.45, 2.75) is 32.2 Å². The largest absolute Gasteiger partial charge is 0.490 e. The summed E-state index contributed by atoms with van der Waals surface area (Å²) in [6.45, 7) is 5.10. The highest BCUT2D eigenvalue weighted by Gasteiger charge is 2.15. The van der Waals surface area contributed by atoms with E-state index in [4.69, 9.17) is 14.2 Å². The summed E-state index contributed by atoms with van der Waals surface area (Å²) >= 11 is 0. The van der Waals surface area contributed by atoms with Crippen LogP contribution in [0, 0.1) is 0 Å². The van der Waals surface area contributed by atoms with Crippen LogP contribution in [-0.4, -0.2) is 33.5 Å². The molecule has 1 atom stereocenters. The van der Waals surface area contributed by atoms with Crippen LogP contribution in [0.1, 0.15) is 37.8 Å². The van der Waals surface area contributed by atoms with Gasteiger partial charge >= 0.3 is 0 Å². The Hall–Kier alpha value is -1.26. The third kappa shape index (κ3) is 4.12. The van der Waals surface area contributed by atoms with E-state index in [1.807, 2.05) is 13.1 Å². The summed E-state index contributed by atoms with van der Waals surface area (Å²) in [5, 5.41) is 3.30. The number of benzene rings is 1. The van der Waals surface area contributed by atoms with Crippen molar-refractivity contribution in [3.8, 4) is 11.5 Å². The van der Waals surface area contributed by atoms with Crippen LogP contribution >= 0.6 is 0 Å². The van der Waals surface area contributed by atoms with E-state index in [1.165, 1.54) is 5.56 Å². The second-order valence-corrected chi connectivity index (χ2v) is 5.03. The lowest BCUT2D eigenvalue weighted by Crippen LogP contribution is -2.22. The van der Waals surface area contributed by atoms with Gasteiger partial charge < -0.3 is 19.5 Å². The van der Waals surface area contributed by atoms with Crippen LogP contribution in [0.25, 0.3) is 0 Å². The van der Waals surface area contributed by atoms with Crippen LogP contribution in [-0.2, 0) is 4.74 Å². The fraction of sp³-hybridized carbons (Fsp3) is 0.625. The Kier molecular flexibility index (Phi) is 6.15. The van der Waals surface area contributed by atoms with Gasteiger partial charge in [0.1, 0.15) is 0 Å². The molecule has 1 N–H and O–H groups in total. The molecule has 0 saturated heterocycles. The van der Waals surface area contributed by atoms with Crippen molar-refractivity contribution in [3.63, 3.8) is 0 Å². The maximum atomic E-state index is 5.73. The lowest BCUT2D eigenvalue weighted by atomic mass is 10.1. The molecule has 4 nitrogen and oxygen atoms in total. The molecule has 0 aromatic heterocycles. The van der Waals surface area contributed by atoms with Gasteiger partial charge in [-0.15, -0.1) is 0 Å². The SMILES string of the molecule is CCCCOCC(NC)c1ccc2c(c1)OCCCO2. The Balaban J connectivity index is 2.00. The third-order valence-corrected chi connectivity index (χ3v) is 3.45. The number of hydrogen-bond donors (Lipinski definition) is 1. The predicted octanol–water partition coefficient (Wildman–Crippen LogP) is 2.93. The maximum absolute atomic E-state index is 5.73. The molecule has 112 valence electrons. The fourth-order valence-electron chi connectivity index (χ4n) is 2.19. The second-order valence-electron chi connectivity index (χ2n) is 5.03. The molecule has 0 aliphatic carbocycles. The monoisotopic (exact) mass is 279 g/mol. The van der Waals surface area contributed by atoms with E-state index >= 15 is 0 Å². The van der Waals surface area contributed by atoms with Crippen LogP contribution in [0.15, 0.2) is 18.2 Å². The van der Waals surface area contributed by atoms with Gasteiger partial charge in [-0.3, -0.25) is 0 Å². The van der Waals surface area contributed by atoms with Gasteiger partial charge in [-0.25, -0.2) is 0 Å². The Labute approximate surface area is 121 Å². The third-order valence-electron chi connectivity index (χ3n) is 3.45. The van der Waals surface area contributed by atoms with Crippen LogP contribution in [0.3, 0.4) is 0 Å². The van der Waals surface area contributed by atoms with Gasteiger partial charge in [0.05, 0.1) is 25.9 Å². The number of hydrogen-bond acceptors (Lipinski definition) is 4. The topological polar surface area (TPSA) is 39.7 Å². The van der Waals surface area contributed by atoms with Gasteiger partial charge in [0.25, 0.3) is 0 Å². The molecule has 0 bridgehead atoms. The van der Waals surface area contributed by atoms with Crippen molar-refractivity contribution >= 4 is 0 Å². The minimum absolute atomic E-state index is 0.184. The molecule has 2 rings (SSSR count). The van der Waals surface area contributed by atoms with Gasteiger partial charge in [0, 0.05) is 13.0 Å². The lowest BCUT2D eigenvalue weighted by Gasteiger charge is -2.18. The lowest BCUT2D eigenvalue weighted by molar-refractivity contribution is 0.111. The standard InChI is InChI=1S/C16H25NO3/c1-3-4-8-18-12-14(17-2)13-6-7-15-16(11-13)20-10-5-9-19-15/h6-7,11,14,17H,3-5,8-10,12H2,1-2H3. The van der Waals surface area contributed by atoms with Crippen LogP contribution in [0.2, 0.25) is 0 Å². The van der Waals surface area contributed by atoms with Crippen molar-refractivity contribution in [2.75, 3.05) is 33.5 Å². The molecule has 0 saturated carbocycles. The molecule has 1 heterocycles. The zero-order valence-electron chi connectivity index (χ0n) is 12.5. The van der Waals surface area contributed by atoms with E-state index in [-0.39, 0.29) is 6.04 Å². The fourth-order valence-corrected chi connectivity index (χ4v) is 2.19. The van der Waals surface area contributed by atoms with E-state index in [1.54, 1.807) is 0 Å². The molecule has 0 radical (unpaired) electrons. The number of rotatable bonds is 7. The summed E-state index contributed by atoms with van der Waals surface area (Å²) in [4.78, 5) is 0. The number of ether oxygens (including phenoxy) is 3. The van der Waals surface area contributed by atoms with Crippen LogP contribution in [0.4, 0.5) is 0 Å². The van der Waals surface area contributed by atoms with E-state index in [9.17, 15) is 0 Å². The molecule has 1 aliphatic rings. The van der Waals surface area contributed by atoms with Crippen molar-refractivity contribution in [2.24, 2.45) is 0 Å². The van der Waals surface area contributed by atoms with E-state index in [0.29, 0.717) is 13.2 Å². The highest BCUT2D eigenvalue weighted by Crippen LogP contribution is 2.32. The highest BCUT2D eigenvalue weighted by atomic mass is 16.5. The van der Waals surface area contributed by atoms with Crippen molar-refractivity contribution in [3.05, 3.63) is 23.8 Å². The first-order valence-electron chi connectivity index (χ1n) is 7.49. The summed E-state index contributed by atoms with van der Waals surface area (Å²) in [7, 11) is 1.96. The average Bonchev–Trinajstić information content (AvgIpc) is 2.72. The van der Waals surface area contributed by atoms with Gasteiger partial charge in [-0.1, -0.05) is 19.4 Å². The Morgan fingerprint density at radius 3 is 2.80 bits per heavy atom. The van der Waals surface area contributed by atoms with Gasteiger partial charge in [0.15, 0.2) is 11.5 Å². The zero-order chi connectivity index (χ0) is 14.2. The molecule has 4 heteroatoms. The van der Waals surface area contributed by atoms with Crippen molar-refractivity contribution < 1.29 is 14.2 Å². The quantitative estimate of drug-likeness (QED) is 0.779. The number of fused-ring (bicyclic) bond motifs is 1. The first kappa shape index (κ1) is 15.1.